The molecule has 1 radical (unpaired) electrons. The Morgan fingerprint density at radius 2 is 2.26 bits per heavy atom. The smallest absolute Gasteiger partial charge is 0.459 e. The van der Waals surface area contributed by atoms with E-state index in [1.807, 2.05) is 0 Å². The Hall–Kier alpha value is -2.34. The highest BCUT2D eigenvalue weighted by Crippen LogP contribution is 2.45. The zero-order valence-corrected chi connectivity index (χ0v) is 12.7. The SMILES string of the molecule is [2H]N=Nc1ccc2c(O)c(N=N[B]N=C)c(SOOO)cc2c1C. The molecule has 9 nitrogen and oxygen atoms in total. The van der Waals surface area contributed by atoms with Gasteiger partial charge in [-0.15, -0.1) is 4.33 Å². The summed E-state index contributed by atoms with van der Waals surface area (Å²) in [6.07, 6.45) is 0. The van der Waals surface area contributed by atoms with Crippen molar-refractivity contribution in [3.8, 4) is 5.75 Å². The van der Waals surface area contributed by atoms with E-state index in [2.05, 4.69) is 41.8 Å². The van der Waals surface area contributed by atoms with Crippen LogP contribution in [-0.2, 0) is 9.37 Å². The van der Waals surface area contributed by atoms with Crippen LogP contribution in [0.3, 0.4) is 0 Å². The summed E-state index contributed by atoms with van der Waals surface area (Å²) in [6, 6.07) is 4.88. The van der Waals surface area contributed by atoms with Crippen molar-refractivity contribution in [2.45, 2.75) is 11.8 Å². The summed E-state index contributed by atoms with van der Waals surface area (Å²) in [5.74, 6) is -0.157. The lowest BCUT2D eigenvalue weighted by atomic mass is 10.0. The van der Waals surface area contributed by atoms with E-state index in [1.165, 1.54) is 0 Å². The van der Waals surface area contributed by atoms with Crippen molar-refractivity contribution < 1.29 is 21.1 Å². The number of fused-ring (bicyclic) bond motifs is 1. The Bertz CT molecular complexity index is 820. The fourth-order valence-corrected chi connectivity index (χ4v) is 2.48. The zero-order chi connectivity index (χ0) is 17.5. The summed E-state index contributed by atoms with van der Waals surface area (Å²) < 4.78 is 11.3. The minimum atomic E-state index is -0.157. The van der Waals surface area contributed by atoms with Crippen molar-refractivity contribution in [3.63, 3.8) is 0 Å². The number of aromatic hydroxyl groups is 1. The second kappa shape index (κ2) is 7.79. The first kappa shape index (κ1) is 15.6. The number of nitrogens with zero attached hydrogens (tertiary/aromatic N) is 4. The van der Waals surface area contributed by atoms with E-state index in [9.17, 15) is 5.11 Å². The van der Waals surface area contributed by atoms with Gasteiger partial charge in [-0.1, -0.05) is 5.04 Å². The van der Waals surface area contributed by atoms with E-state index in [0.717, 1.165) is 7.55 Å². The first-order valence-corrected chi connectivity index (χ1v) is 6.85. The first-order valence-electron chi connectivity index (χ1n) is 6.56. The van der Waals surface area contributed by atoms with E-state index in [-0.39, 0.29) is 11.4 Å². The molecular weight excluding hydrogens is 321 g/mol. The Kier molecular flexibility index (Phi) is 5.27. The first-order chi connectivity index (χ1) is 11.6. The van der Waals surface area contributed by atoms with Gasteiger partial charge in [0.25, 0.3) is 0 Å². The molecule has 2 aromatic rings. The number of phenols is 1. The van der Waals surface area contributed by atoms with E-state index < -0.39 is 0 Å². The molecular formula is C12H11BN5O4S. The monoisotopic (exact) mass is 333 g/mol. The summed E-state index contributed by atoms with van der Waals surface area (Å²) >= 11 is 0.625. The molecule has 23 heavy (non-hydrogen) atoms. The molecule has 0 spiro atoms. The van der Waals surface area contributed by atoms with Crippen molar-refractivity contribution in [2.24, 2.45) is 20.2 Å². The molecule has 11 heteroatoms. The summed E-state index contributed by atoms with van der Waals surface area (Å²) in [4.78, 5) is 3.74. The summed E-state index contributed by atoms with van der Waals surface area (Å²) in [6.45, 7) is 5.00. The van der Waals surface area contributed by atoms with Crippen LogP contribution in [-0.4, -0.2) is 24.6 Å². The molecule has 0 bridgehead atoms. The van der Waals surface area contributed by atoms with Gasteiger partial charge in [-0.05, 0) is 42.8 Å². The lowest BCUT2D eigenvalue weighted by molar-refractivity contribution is -0.432. The van der Waals surface area contributed by atoms with Gasteiger partial charge >= 0.3 is 7.55 Å². The van der Waals surface area contributed by atoms with Gasteiger partial charge in [0.1, 0.15) is 5.69 Å². The average molecular weight is 333 g/mol. The number of hydrogen-bond donors (Lipinski definition) is 3. The quantitative estimate of drug-likeness (QED) is 0.174. The van der Waals surface area contributed by atoms with Crippen LogP contribution in [0.5, 0.6) is 5.75 Å². The van der Waals surface area contributed by atoms with Crippen LogP contribution in [0.25, 0.3) is 10.8 Å². The normalized spacial score (nSPS) is 12.2. The van der Waals surface area contributed by atoms with Gasteiger partial charge in [-0.3, -0.25) is 0 Å². The van der Waals surface area contributed by atoms with Gasteiger partial charge in [0, 0.05) is 5.39 Å². The zero-order valence-electron chi connectivity index (χ0n) is 12.9. The molecule has 0 aliphatic heterocycles. The number of benzene rings is 2. The molecule has 0 saturated carbocycles. The Morgan fingerprint density at radius 3 is 2.96 bits per heavy atom. The third-order valence-electron chi connectivity index (χ3n) is 3.03. The largest absolute Gasteiger partial charge is 0.505 e. The van der Waals surface area contributed by atoms with E-state index >= 15 is 0 Å². The summed E-state index contributed by atoms with van der Waals surface area (Å²) in [7, 11) is 1.10. The number of phenolic OH excluding ortho intramolecular Hbond substituents is 1. The molecule has 0 amide bonds. The van der Waals surface area contributed by atoms with Crippen molar-refractivity contribution in [2.75, 3.05) is 0 Å². The molecule has 0 aromatic heterocycles. The van der Waals surface area contributed by atoms with Crippen LogP contribution >= 0.6 is 12.0 Å². The molecule has 2 aromatic carbocycles. The fraction of sp³-hybridized carbons (Fsp3) is 0.0833. The highest BCUT2D eigenvalue weighted by atomic mass is 32.2. The van der Waals surface area contributed by atoms with Gasteiger partial charge in [-0.2, -0.15) is 10.2 Å². The maximum atomic E-state index is 10.5. The highest BCUT2D eigenvalue weighted by Gasteiger charge is 2.17. The van der Waals surface area contributed by atoms with Crippen molar-refractivity contribution in [3.05, 3.63) is 23.8 Å². The Balaban J connectivity index is 2.68. The maximum Gasteiger partial charge on any atom is 0.459 e. The van der Waals surface area contributed by atoms with Crippen molar-refractivity contribution in [1.82, 2.24) is 0 Å². The topological polar surface area (TPSA) is 132 Å². The Labute approximate surface area is 137 Å². The molecule has 0 aliphatic carbocycles. The Morgan fingerprint density at radius 1 is 1.43 bits per heavy atom. The van der Waals surface area contributed by atoms with Crippen LogP contribution in [0, 0.1) is 12.4 Å². The minimum Gasteiger partial charge on any atom is -0.505 e. The lowest BCUT2D eigenvalue weighted by Gasteiger charge is -2.11. The average Bonchev–Trinajstić information content (AvgIpc) is 2.58. The van der Waals surface area contributed by atoms with Crippen molar-refractivity contribution in [1.29, 1.82) is 5.52 Å². The molecule has 0 heterocycles. The van der Waals surface area contributed by atoms with Gasteiger partial charge in [-0.25, -0.2) is 15.8 Å². The minimum absolute atomic E-state index is 0.0960. The molecule has 0 saturated heterocycles. The molecule has 0 fully saturated rings. The van der Waals surface area contributed by atoms with Gasteiger partial charge in [0.05, 0.1) is 22.6 Å². The van der Waals surface area contributed by atoms with E-state index in [1.54, 1.807) is 25.1 Å². The number of aryl methyl sites for hydroxylation is 1. The molecule has 2 rings (SSSR count). The van der Waals surface area contributed by atoms with E-state index in [4.69, 9.17) is 6.67 Å². The number of nitrogens with one attached hydrogen (secondary N) is 1. The third-order valence-corrected chi connectivity index (χ3v) is 3.65. The van der Waals surface area contributed by atoms with Gasteiger partial charge in [0.2, 0.25) is 1.41 Å². The number of hydrogen-bond acceptors (Lipinski definition) is 10. The predicted octanol–water partition coefficient (Wildman–Crippen LogP) is 4.26. The van der Waals surface area contributed by atoms with Crippen LogP contribution in [0.1, 0.15) is 5.56 Å². The molecule has 117 valence electrons. The molecule has 0 aliphatic rings. The standard InChI is InChI=1S/C12H11BN5O4S/c1-6-8-5-10(23-22-21-20)11(17-18-13-15-2)12(19)7(8)3-4-9(6)16-14/h3-5,14,19-20H,2H2,1H3/i/hD. The highest BCUT2D eigenvalue weighted by molar-refractivity contribution is 7.94. The number of rotatable bonds is 7. The van der Waals surface area contributed by atoms with Gasteiger partial charge in [0.15, 0.2) is 5.75 Å². The molecule has 0 unspecified atom stereocenters. The predicted molar refractivity (Wildman–Crippen MR) is 85.6 cm³/mol. The van der Waals surface area contributed by atoms with Crippen LogP contribution < -0.4 is 0 Å². The summed E-state index contributed by atoms with van der Waals surface area (Å²) in [5, 5.41) is 34.8. The third kappa shape index (κ3) is 3.53. The molecule has 3 N–H and O–H groups in total. The molecule has 0 atom stereocenters. The second-order valence-corrected chi connectivity index (χ2v) is 4.96. The fourth-order valence-electron chi connectivity index (χ4n) is 1.99. The summed E-state index contributed by atoms with van der Waals surface area (Å²) in [5.41, 5.74) is 4.27. The van der Waals surface area contributed by atoms with Crippen molar-refractivity contribution >= 4 is 48.5 Å². The lowest BCUT2D eigenvalue weighted by Crippen LogP contribution is -1.86. The van der Waals surface area contributed by atoms with Gasteiger partial charge < -0.3 is 10.0 Å². The van der Waals surface area contributed by atoms with Crippen LogP contribution in [0.2, 0.25) is 1.41 Å². The second-order valence-electron chi connectivity index (χ2n) is 4.22. The van der Waals surface area contributed by atoms with Crippen LogP contribution in [0.4, 0.5) is 11.4 Å². The maximum absolute atomic E-state index is 10.5. The van der Waals surface area contributed by atoms with Crippen LogP contribution in [0.15, 0.2) is 43.3 Å². The van der Waals surface area contributed by atoms with E-state index in [0.29, 0.717) is 39.0 Å².